The van der Waals surface area contributed by atoms with E-state index < -0.39 is 0 Å². The Morgan fingerprint density at radius 2 is 1.84 bits per heavy atom. The Labute approximate surface area is 122 Å². The summed E-state index contributed by atoms with van der Waals surface area (Å²) in [4.78, 5) is 0. The van der Waals surface area contributed by atoms with E-state index in [2.05, 4.69) is 41.1 Å². The van der Waals surface area contributed by atoms with Crippen molar-refractivity contribution in [2.45, 2.75) is 19.4 Å². The van der Waals surface area contributed by atoms with Crippen molar-refractivity contribution < 1.29 is 4.74 Å². The summed E-state index contributed by atoms with van der Waals surface area (Å²) < 4.78 is 6.46. The summed E-state index contributed by atoms with van der Waals surface area (Å²) in [6.45, 7) is 2.08. The van der Waals surface area contributed by atoms with Crippen LogP contribution in [0.1, 0.15) is 22.7 Å². The van der Waals surface area contributed by atoms with Crippen molar-refractivity contribution in [1.29, 1.82) is 0 Å². The molecule has 0 saturated carbocycles. The first-order valence-corrected chi connectivity index (χ1v) is 7.04. The SMILES string of the molecule is COc1ccc(C)cc1CC(N)c1ccc(Br)cc1. The van der Waals surface area contributed by atoms with Crippen LogP contribution in [0, 0.1) is 6.92 Å². The molecule has 0 aliphatic rings. The van der Waals surface area contributed by atoms with Crippen LogP contribution in [0.5, 0.6) is 5.75 Å². The number of hydrogen-bond donors (Lipinski definition) is 1. The van der Waals surface area contributed by atoms with Crippen molar-refractivity contribution in [3.8, 4) is 5.75 Å². The molecule has 0 radical (unpaired) electrons. The second kappa shape index (κ2) is 6.22. The molecule has 1 atom stereocenters. The molecule has 0 spiro atoms. The van der Waals surface area contributed by atoms with Gasteiger partial charge in [0.25, 0.3) is 0 Å². The molecule has 100 valence electrons. The van der Waals surface area contributed by atoms with Crippen LogP contribution in [0.25, 0.3) is 0 Å². The van der Waals surface area contributed by atoms with Gasteiger partial charge in [0, 0.05) is 10.5 Å². The summed E-state index contributed by atoms with van der Waals surface area (Å²) in [5.41, 5.74) is 9.78. The highest BCUT2D eigenvalue weighted by atomic mass is 79.9. The Balaban J connectivity index is 2.20. The lowest BCUT2D eigenvalue weighted by Gasteiger charge is -2.15. The normalized spacial score (nSPS) is 12.2. The monoisotopic (exact) mass is 319 g/mol. The molecular weight excluding hydrogens is 302 g/mol. The van der Waals surface area contributed by atoms with Gasteiger partial charge in [-0.3, -0.25) is 0 Å². The van der Waals surface area contributed by atoms with E-state index in [0.717, 1.165) is 27.8 Å². The molecule has 0 saturated heterocycles. The molecule has 2 rings (SSSR count). The highest BCUT2D eigenvalue weighted by Crippen LogP contribution is 2.25. The number of rotatable bonds is 4. The van der Waals surface area contributed by atoms with Crippen LogP contribution in [0.4, 0.5) is 0 Å². The topological polar surface area (TPSA) is 35.2 Å². The van der Waals surface area contributed by atoms with Gasteiger partial charge in [-0.2, -0.15) is 0 Å². The zero-order valence-electron chi connectivity index (χ0n) is 11.2. The fourth-order valence-electron chi connectivity index (χ4n) is 2.13. The first-order chi connectivity index (χ1) is 9.10. The Morgan fingerprint density at radius 3 is 2.47 bits per heavy atom. The minimum Gasteiger partial charge on any atom is -0.496 e. The lowest BCUT2D eigenvalue weighted by Crippen LogP contribution is -2.13. The quantitative estimate of drug-likeness (QED) is 0.924. The van der Waals surface area contributed by atoms with Gasteiger partial charge >= 0.3 is 0 Å². The third kappa shape index (κ3) is 3.58. The van der Waals surface area contributed by atoms with Crippen molar-refractivity contribution >= 4 is 15.9 Å². The van der Waals surface area contributed by atoms with Crippen LogP contribution in [-0.2, 0) is 6.42 Å². The van der Waals surface area contributed by atoms with E-state index in [0.29, 0.717) is 0 Å². The Kier molecular flexibility index (Phi) is 4.61. The van der Waals surface area contributed by atoms with Crippen LogP contribution < -0.4 is 10.5 Å². The third-order valence-electron chi connectivity index (χ3n) is 3.17. The summed E-state index contributed by atoms with van der Waals surface area (Å²) in [6, 6.07) is 14.3. The first-order valence-electron chi connectivity index (χ1n) is 6.24. The van der Waals surface area contributed by atoms with Crippen molar-refractivity contribution in [2.75, 3.05) is 7.11 Å². The van der Waals surface area contributed by atoms with E-state index in [1.807, 2.05) is 24.3 Å². The molecule has 0 bridgehead atoms. The fourth-order valence-corrected chi connectivity index (χ4v) is 2.40. The van der Waals surface area contributed by atoms with Gasteiger partial charge in [0.15, 0.2) is 0 Å². The van der Waals surface area contributed by atoms with Gasteiger partial charge in [0.05, 0.1) is 7.11 Å². The first kappa shape index (κ1) is 14.1. The third-order valence-corrected chi connectivity index (χ3v) is 3.70. The van der Waals surface area contributed by atoms with E-state index >= 15 is 0 Å². The summed E-state index contributed by atoms with van der Waals surface area (Å²) in [5, 5.41) is 0. The van der Waals surface area contributed by atoms with E-state index in [9.17, 15) is 0 Å². The second-order valence-electron chi connectivity index (χ2n) is 4.68. The lowest BCUT2D eigenvalue weighted by molar-refractivity contribution is 0.408. The van der Waals surface area contributed by atoms with Crippen molar-refractivity contribution in [1.82, 2.24) is 0 Å². The molecule has 0 heterocycles. The molecule has 2 aromatic rings. The second-order valence-corrected chi connectivity index (χ2v) is 5.59. The molecule has 19 heavy (non-hydrogen) atoms. The highest BCUT2D eigenvalue weighted by molar-refractivity contribution is 9.10. The molecule has 0 amide bonds. The van der Waals surface area contributed by atoms with Gasteiger partial charge < -0.3 is 10.5 Å². The molecule has 2 N–H and O–H groups in total. The predicted molar refractivity (Wildman–Crippen MR) is 82.5 cm³/mol. The number of halogens is 1. The van der Waals surface area contributed by atoms with Gasteiger partial charge in [0.1, 0.15) is 5.75 Å². The summed E-state index contributed by atoms with van der Waals surface area (Å²) in [7, 11) is 1.69. The number of benzene rings is 2. The van der Waals surface area contributed by atoms with Crippen LogP contribution in [-0.4, -0.2) is 7.11 Å². The van der Waals surface area contributed by atoms with Crippen LogP contribution in [0.2, 0.25) is 0 Å². The summed E-state index contributed by atoms with van der Waals surface area (Å²) >= 11 is 3.43. The minimum atomic E-state index is -0.0243. The Morgan fingerprint density at radius 1 is 1.16 bits per heavy atom. The molecule has 0 aliphatic heterocycles. The number of aryl methyl sites for hydroxylation is 1. The maximum absolute atomic E-state index is 6.28. The maximum atomic E-state index is 6.28. The number of nitrogens with two attached hydrogens (primary N) is 1. The van der Waals surface area contributed by atoms with Crippen molar-refractivity contribution in [3.63, 3.8) is 0 Å². The summed E-state index contributed by atoms with van der Waals surface area (Å²) in [6.07, 6.45) is 0.770. The smallest absolute Gasteiger partial charge is 0.122 e. The Hall–Kier alpha value is -1.32. The van der Waals surface area contributed by atoms with E-state index in [4.69, 9.17) is 10.5 Å². The number of hydrogen-bond acceptors (Lipinski definition) is 2. The molecule has 1 unspecified atom stereocenters. The minimum absolute atomic E-state index is 0.0243. The molecule has 3 heteroatoms. The maximum Gasteiger partial charge on any atom is 0.122 e. The lowest BCUT2D eigenvalue weighted by atomic mass is 9.98. The van der Waals surface area contributed by atoms with Crippen molar-refractivity contribution in [3.05, 3.63) is 63.6 Å². The average molecular weight is 320 g/mol. The molecule has 0 aromatic heterocycles. The zero-order chi connectivity index (χ0) is 13.8. The average Bonchev–Trinajstić information content (AvgIpc) is 2.39. The van der Waals surface area contributed by atoms with Crippen LogP contribution in [0.3, 0.4) is 0 Å². The van der Waals surface area contributed by atoms with Crippen LogP contribution in [0.15, 0.2) is 46.9 Å². The summed E-state index contributed by atoms with van der Waals surface area (Å²) in [5.74, 6) is 0.901. The predicted octanol–water partition coefficient (Wildman–Crippen LogP) is 4.01. The fraction of sp³-hybridized carbons (Fsp3) is 0.250. The van der Waals surface area contributed by atoms with E-state index in [1.165, 1.54) is 5.56 Å². The van der Waals surface area contributed by atoms with Gasteiger partial charge in [-0.1, -0.05) is 45.8 Å². The molecular formula is C16H18BrNO. The Bertz CT molecular complexity index is 551. The number of ether oxygens (including phenoxy) is 1. The molecule has 2 nitrogen and oxygen atoms in total. The largest absolute Gasteiger partial charge is 0.496 e. The number of methoxy groups -OCH3 is 1. The molecule has 0 aliphatic carbocycles. The zero-order valence-corrected chi connectivity index (χ0v) is 12.8. The van der Waals surface area contributed by atoms with Crippen LogP contribution >= 0.6 is 15.9 Å². The van der Waals surface area contributed by atoms with Gasteiger partial charge in [-0.15, -0.1) is 0 Å². The standard InChI is InChI=1S/C16H18BrNO/c1-11-3-8-16(19-2)13(9-11)10-15(18)12-4-6-14(17)7-5-12/h3-9,15H,10,18H2,1-2H3. The molecule has 0 fully saturated rings. The molecule has 2 aromatic carbocycles. The highest BCUT2D eigenvalue weighted by Gasteiger charge is 2.11. The van der Waals surface area contributed by atoms with E-state index in [1.54, 1.807) is 7.11 Å². The van der Waals surface area contributed by atoms with Crippen molar-refractivity contribution in [2.24, 2.45) is 5.73 Å². The van der Waals surface area contributed by atoms with Gasteiger partial charge in [-0.05, 0) is 42.7 Å². The van der Waals surface area contributed by atoms with Gasteiger partial charge in [-0.25, -0.2) is 0 Å². The van der Waals surface area contributed by atoms with E-state index in [-0.39, 0.29) is 6.04 Å². The van der Waals surface area contributed by atoms with Gasteiger partial charge in [0.2, 0.25) is 0 Å².